The van der Waals surface area contributed by atoms with Crippen LogP contribution in [-0.2, 0) is 10.2 Å². The van der Waals surface area contributed by atoms with E-state index in [4.69, 9.17) is 5.11 Å². The van der Waals surface area contributed by atoms with Crippen LogP contribution in [0.2, 0.25) is 0 Å². The van der Waals surface area contributed by atoms with Gasteiger partial charge < -0.3 is 5.11 Å². The quantitative estimate of drug-likeness (QED) is 0.750. The van der Waals surface area contributed by atoms with Gasteiger partial charge in [0.25, 0.3) is 10.2 Å². The predicted molar refractivity (Wildman–Crippen MR) is 65.6 cm³/mol. The van der Waals surface area contributed by atoms with Crippen LogP contribution in [0.5, 0.6) is 0 Å². The Morgan fingerprint density at radius 2 is 1.88 bits per heavy atom. The zero-order valence-electron chi connectivity index (χ0n) is 10.3. The Kier molecular flexibility index (Phi) is 4.07. The average Bonchev–Trinajstić information content (AvgIpc) is 3.12. The number of piperidine rings is 1. The maximum absolute atomic E-state index is 12.1. The first kappa shape index (κ1) is 13.3. The van der Waals surface area contributed by atoms with Crippen molar-refractivity contribution in [2.75, 3.05) is 19.7 Å². The first-order chi connectivity index (χ1) is 8.03. The number of nitrogens with one attached hydrogen (secondary N) is 1. The van der Waals surface area contributed by atoms with Gasteiger partial charge in [-0.1, -0.05) is 0 Å². The van der Waals surface area contributed by atoms with Crippen molar-refractivity contribution in [2.45, 2.75) is 38.6 Å². The molecule has 2 N–H and O–H groups in total. The van der Waals surface area contributed by atoms with E-state index in [0.29, 0.717) is 19.0 Å². The minimum absolute atomic E-state index is 0.0514. The lowest BCUT2D eigenvalue weighted by molar-refractivity contribution is 0.169. The number of hydrogen-bond acceptors (Lipinski definition) is 3. The van der Waals surface area contributed by atoms with Crippen LogP contribution in [0, 0.1) is 11.8 Å². The van der Waals surface area contributed by atoms with E-state index in [1.165, 1.54) is 4.31 Å². The van der Waals surface area contributed by atoms with Gasteiger partial charge in [-0.3, -0.25) is 0 Å². The van der Waals surface area contributed by atoms with E-state index < -0.39 is 10.2 Å². The first-order valence-corrected chi connectivity index (χ1v) is 7.85. The third kappa shape index (κ3) is 3.40. The van der Waals surface area contributed by atoms with Gasteiger partial charge in [-0.05, 0) is 44.4 Å². The molecule has 0 aromatic rings. The summed E-state index contributed by atoms with van der Waals surface area (Å²) >= 11 is 0. The Labute approximate surface area is 103 Å². The van der Waals surface area contributed by atoms with Crippen LogP contribution in [0.4, 0.5) is 0 Å². The average molecular weight is 262 g/mol. The number of aliphatic hydroxyl groups is 1. The van der Waals surface area contributed by atoms with Gasteiger partial charge in [0.2, 0.25) is 0 Å². The highest BCUT2D eigenvalue weighted by molar-refractivity contribution is 7.87. The Balaban J connectivity index is 1.87. The maximum atomic E-state index is 12.1. The molecule has 2 fully saturated rings. The van der Waals surface area contributed by atoms with Crippen LogP contribution in [0.25, 0.3) is 0 Å². The van der Waals surface area contributed by atoms with Crippen molar-refractivity contribution >= 4 is 10.2 Å². The minimum atomic E-state index is -3.32. The summed E-state index contributed by atoms with van der Waals surface area (Å²) < 4.78 is 28.4. The Morgan fingerprint density at radius 3 is 2.35 bits per heavy atom. The molecule has 2 rings (SSSR count). The zero-order chi connectivity index (χ0) is 12.5. The minimum Gasteiger partial charge on any atom is -0.396 e. The molecule has 1 unspecified atom stereocenters. The van der Waals surface area contributed by atoms with Crippen molar-refractivity contribution in [3.8, 4) is 0 Å². The standard InChI is InChI=1S/C11H22N2O3S/c1-9(11-2-3-11)12-17(15,16)13-6-4-10(8-14)5-7-13/h9-12,14H,2-8H2,1H3. The molecule has 2 aliphatic rings. The molecule has 0 spiro atoms. The molecule has 5 nitrogen and oxygen atoms in total. The molecule has 0 bridgehead atoms. The number of aliphatic hydroxyl groups excluding tert-OH is 1. The third-order valence-corrected chi connectivity index (χ3v) is 5.55. The van der Waals surface area contributed by atoms with Crippen molar-refractivity contribution < 1.29 is 13.5 Å². The van der Waals surface area contributed by atoms with Gasteiger partial charge >= 0.3 is 0 Å². The van der Waals surface area contributed by atoms with E-state index in [-0.39, 0.29) is 18.6 Å². The van der Waals surface area contributed by atoms with Gasteiger partial charge in [0.05, 0.1) is 0 Å². The van der Waals surface area contributed by atoms with Crippen molar-refractivity contribution in [1.29, 1.82) is 0 Å². The van der Waals surface area contributed by atoms with Crippen molar-refractivity contribution in [2.24, 2.45) is 11.8 Å². The summed E-state index contributed by atoms with van der Waals surface area (Å²) in [6.45, 7) is 3.16. The summed E-state index contributed by atoms with van der Waals surface area (Å²) in [6.07, 6.45) is 3.79. The molecule has 1 saturated heterocycles. The zero-order valence-corrected chi connectivity index (χ0v) is 11.1. The highest BCUT2D eigenvalue weighted by Crippen LogP contribution is 2.32. The molecule has 100 valence electrons. The molecule has 1 atom stereocenters. The van der Waals surface area contributed by atoms with Gasteiger partial charge in [0, 0.05) is 25.7 Å². The topological polar surface area (TPSA) is 69.6 Å². The molecule has 0 radical (unpaired) electrons. The van der Waals surface area contributed by atoms with Crippen LogP contribution in [0.1, 0.15) is 32.6 Å². The third-order valence-electron chi connectivity index (χ3n) is 3.84. The fraction of sp³-hybridized carbons (Fsp3) is 1.00. The summed E-state index contributed by atoms with van der Waals surface area (Å²) in [7, 11) is -3.32. The van der Waals surface area contributed by atoms with Crippen LogP contribution in [0.15, 0.2) is 0 Å². The number of hydrogen-bond donors (Lipinski definition) is 2. The number of rotatable bonds is 5. The van der Waals surface area contributed by atoms with Gasteiger partial charge in [0.1, 0.15) is 0 Å². The molecular weight excluding hydrogens is 240 g/mol. The predicted octanol–water partition coefficient (Wildman–Crippen LogP) is 0.324. The molecule has 1 saturated carbocycles. The fourth-order valence-corrected chi connectivity index (χ4v) is 3.84. The summed E-state index contributed by atoms with van der Waals surface area (Å²) in [6, 6.07) is 0.0514. The monoisotopic (exact) mass is 262 g/mol. The second-order valence-electron chi connectivity index (χ2n) is 5.27. The van der Waals surface area contributed by atoms with E-state index in [0.717, 1.165) is 25.7 Å². The lowest BCUT2D eigenvalue weighted by Gasteiger charge is -2.31. The molecule has 1 aliphatic carbocycles. The molecule has 1 heterocycles. The second kappa shape index (κ2) is 5.22. The Morgan fingerprint density at radius 1 is 1.29 bits per heavy atom. The van der Waals surface area contributed by atoms with E-state index in [1.807, 2.05) is 6.92 Å². The molecule has 0 aromatic carbocycles. The summed E-state index contributed by atoms with van der Waals surface area (Å²) in [5, 5.41) is 9.02. The lowest BCUT2D eigenvalue weighted by atomic mass is 10.00. The van der Waals surface area contributed by atoms with Crippen LogP contribution >= 0.6 is 0 Å². The van der Waals surface area contributed by atoms with Crippen LogP contribution < -0.4 is 4.72 Å². The van der Waals surface area contributed by atoms with Crippen molar-refractivity contribution in [1.82, 2.24) is 9.03 Å². The summed E-state index contributed by atoms with van der Waals surface area (Å²) in [5.41, 5.74) is 0. The second-order valence-corrected chi connectivity index (χ2v) is 6.98. The molecule has 1 aliphatic heterocycles. The summed E-state index contributed by atoms with van der Waals surface area (Å²) in [5.74, 6) is 0.794. The molecule has 6 heteroatoms. The SMILES string of the molecule is CC(NS(=O)(=O)N1CCC(CO)CC1)C1CC1. The molecular formula is C11H22N2O3S. The smallest absolute Gasteiger partial charge is 0.279 e. The van der Waals surface area contributed by atoms with Crippen LogP contribution in [0.3, 0.4) is 0 Å². The number of nitrogens with zero attached hydrogens (tertiary/aromatic N) is 1. The molecule has 17 heavy (non-hydrogen) atoms. The normalized spacial score (nSPS) is 26.0. The largest absolute Gasteiger partial charge is 0.396 e. The molecule has 0 aromatic heterocycles. The molecule has 0 amide bonds. The van der Waals surface area contributed by atoms with Gasteiger partial charge in [-0.25, -0.2) is 0 Å². The Hall–Kier alpha value is -0.170. The Bertz CT molecular complexity index is 346. The van der Waals surface area contributed by atoms with Gasteiger partial charge in [0.15, 0.2) is 0 Å². The van der Waals surface area contributed by atoms with Gasteiger partial charge in [-0.2, -0.15) is 17.4 Å². The highest BCUT2D eigenvalue weighted by atomic mass is 32.2. The lowest BCUT2D eigenvalue weighted by Crippen LogP contribution is -2.48. The first-order valence-electron chi connectivity index (χ1n) is 6.41. The maximum Gasteiger partial charge on any atom is 0.279 e. The van der Waals surface area contributed by atoms with E-state index in [1.54, 1.807) is 0 Å². The van der Waals surface area contributed by atoms with Crippen molar-refractivity contribution in [3.05, 3.63) is 0 Å². The van der Waals surface area contributed by atoms with Crippen LogP contribution in [-0.4, -0.2) is 43.6 Å². The fourth-order valence-electron chi connectivity index (χ4n) is 2.33. The van der Waals surface area contributed by atoms with E-state index >= 15 is 0 Å². The van der Waals surface area contributed by atoms with E-state index in [2.05, 4.69) is 4.72 Å². The summed E-state index contributed by atoms with van der Waals surface area (Å²) in [4.78, 5) is 0. The highest BCUT2D eigenvalue weighted by Gasteiger charge is 2.34. The van der Waals surface area contributed by atoms with Gasteiger partial charge in [-0.15, -0.1) is 0 Å². The van der Waals surface area contributed by atoms with E-state index in [9.17, 15) is 8.42 Å². The van der Waals surface area contributed by atoms with Crippen molar-refractivity contribution in [3.63, 3.8) is 0 Å².